The van der Waals surface area contributed by atoms with E-state index in [4.69, 9.17) is 9.47 Å². The molecule has 152 valence electrons. The second-order valence-corrected chi connectivity index (χ2v) is 7.73. The lowest BCUT2D eigenvalue weighted by Crippen LogP contribution is -2.42. The second-order valence-electron chi connectivity index (χ2n) is 7.73. The lowest BCUT2D eigenvalue weighted by Gasteiger charge is -2.37. The van der Waals surface area contributed by atoms with Crippen molar-refractivity contribution >= 4 is 16.9 Å². The van der Waals surface area contributed by atoms with Crippen molar-refractivity contribution in [3.05, 3.63) is 59.3 Å². The van der Waals surface area contributed by atoms with Gasteiger partial charge in [-0.25, -0.2) is 4.79 Å². The van der Waals surface area contributed by atoms with Gasteiger partial charge < -0.3 is 24.5 Å². The number of nitrogens with zero attached hydrogens (tertiary/aromatic N) is 1. The Morgan fingerprint density at radius 2 is 2.00 bits per heavy atom. The number of aryl methyl sites for hydroxylation is 1. The van der Waals surface area contributed by atoms with E-state index < -0.39 is 5.97 Å². The third-order valence-corrected chi connectivity index (χ3v) is 5.78. The van der Waals surface area contributed by atoms with Crippen LogP contribution in [0.1, 0.15) is 33.8 Å². The van der Waals surface area contributed by atoms with Crippen molar-refractivity contribution in [3.63, 3.8) is 0 Å². The Hall–Kier alpha value is -2.99. The summed E-state index contributed by atoms with van der Waals surface area (Å²) in [5, 5.41) is 10.2. The Labute approximate surface area is 170 Å². The topological polar surface area (TPSA) is 74.8 Å². The third kappa shape index (κ3) is 3.68. The number of aromatic nitrogens is 1. The molecule has 6 nitrogen and oxygen atoms in total. The van der Waals surface area contributed by atoms with Crippen LogP contribution in [0.4, 0.5) is 0 Å². The van der Waals surface area contributed by atoms with Crippen LogP contribution in [0, 0.1) is 6.92 Å². The molecule has 29 heavy (non-hydrogen) atoms. The Morgan fingerprint density at radius 1 is 1.24 bits per heavy atom. The highest BCUT2D eigenvalue weighted by Gasteiger charge is 2.32. The van der Waals surface area contributed by atoms with Crippen LogP contribution in [0.3, 0.4) is 0 Å². The molecule has 1 aliphatic rings. The average Bonchev–Trinajstić information content (AvgIpc) is 3.21. The average molecular weight is 394 g/mol. The molecule has 1 aliphatic heterocycles. The van der Waals surface area contributed by atoms with Gasteiger partial charge in [-0.05, 0) is 55.8 Å². The summed E-state index contributed by atoms with van der Waals surface area (Å²) in [4.78, 5) is 16.8. The molecule has 2 N–H and O–H groups in total. The lowest BCUT2D eigenvalue weighted by atomic mass is 9.87. The highest BCUT2D eigenvalue weighted by Crippen LogP contribution is 2.40. The number of hydrogen-bond acceptors (Lipinski definition) is 4. The lowest BCUT2D eigenvalue weighted by molar-refractivity contribution is 0.0696. The van der Waals surface area contributed by atoms with Gasteiger partial charge in [0.25, 0.3) is 0 Å². The number of aromatic amines is 1. The number of piperidine rings is 1. The number of carboxylic acid groups (broad SMARTS) is 1. The number of carbonyl (C=O) groups is 1. The first-order chi connectivity index (χ1) is 14.0. The third-order valence-electron chi connectivity index (χ3n) is 5.78. The number of nitrogens with one attached hydrogen (secondary N) is 1. The minimum atomic E-state index is -0.913. The number of methoxy groups -OCH3 is 1. The van der Waals surface area contributed by atoms with Crippen LogP contribution in [0.2, 0.25) is 0 Å². The van der Waals surface area contributed by atoms with Crippen molar-refractivity contribution in [3.8, 4) is 11.5 Å². The predicted octanol–water partition coefficient (Wildman–Crippen LogP) is 4.05. The fourth-order valence-corrected chi connectivity index (χ4v) is 4.20. The number of aromatic carboxylic acids is 1. The maximum Gasteiger partial charge on any atom is 0.335 e. The van der Waals surface area contributed by atoms with Gasteiger partial charge in [0.15, 0.2) is 11.5 Å². The molecule has 0 bridgehead atoms. The molecular weight excluding hydrogens is 368 g/mol. The predicted molar refractivity (Wildman–Crippen MR) is 112 cm³/mol. The first-order valence-electron chi connectivity index (χ1n) is 9.81. The molecular formula is C23H26N2O4. The van der Waals surface area contributed by atoms with Gasteiger partial charge in [0.2, 0.25) is 0 Å². The number of likely N-dealkylation sites (N-methyl/N-ethyl adjacent to an activating group) is 1. The Bertz CT molecular complexity index is 1030. The Balaban J connectivity index is 1.69. The summed E-state index contributed by atoms with van der Waals surface area (Å²) in [6.07, 6.45) is 2.77. The van der Waals surface area contributed by atoms with Gasteiger partial charge in [-0.1, -0.05) is 12.1 Å². The number of likely N-dealkylation sites (tertiary alicyclic amines) is 1. The molecule has 4 rings (SSSR count). The normalized spacial score (nSPS) is 20.0. The van der Waals surface area contributed by atoms with Crippen LogP contribution in [-0.4, -0.2) is 54.3 Å². The van der Waals surface area contributed by atoms with E-state index in [-0.39, 0.29) is 12.0 Å². The van der Waals surface area contributed by atoms with Crippen molar-refractivity contribution in [1.29, 1.82) is 0 Å². The zero-order chi connectivity index (χ0) is 20.5. The number of fused-ring (bicyclic) bond motifs is 1. The first-order valence-corrected chi connectivity index (χ1v) is 9.81. The van der Waals surface area contributed by atoms with Gasteiger partial charge in [-0.2, -0.15) is 0 Å². The summed E-state index contributed by atoms with van der Waals surface area (Å²) in [7, 11) is 3.77. The van der Waals surface area contributed by atoms with Crippen molar-refractivity contribution in [2.24, 2.45) is 0 Å². The molecule has 0 unspecified atom stereocenters. The van der Waals surface area contributed by atoms with Gasteiger partial charge in [0.05, 0.1) is 18.2 Å². The molecule has 2 aromatic carbocycles. The number of rotatable bonds is 5. The molecule has 0 saturated carbocycles. The summed E-state index contributed by atoms with van der Waals surface area (Å²) in [5.41, 5.74) is 3.54. The Kier molecular flexibility index (Phi) is 5.20. The maximum absolute atomic E-state index is 11.2. The molecule has 1 aromatic heterocycles. The number of H-pyrrole nitrogens is 1. The van der Waals surface area contributed by atoms with Gasteiger partial charge in [0.1, 0.15) is 6.10 Å². The Morgan fingerprint density at radius 3 is 2.69 bits per heavy atom. The minimum absolute atomic E-state index is 0.0309. The van der Waals surface area contributed by atoms with Gasteiger partial charge >= 0.3 is 5.97 Å². The van der Waals surface area contributed by atoms with Gasteiger partial charge in [-0.15, -0.1) is 0 Å². The molecule has 3 aromatic rings. The zero-order valence-corrected chi connectivity index (χ0v) is 16.9. The molecule has 1 fully saturated rings. The molecule has 2 heterocycles. The molecule has 2 atom stereocenters. The SMILES string of the molecule is COc1cc(C)c2[nH]ccc2c1O[C@@H]1CCN(C)C[C@H]1c1ccc(C(=O)O)cc1. The summed E-state index contributed by atoms with van der Waals surface area (Å²) in [5.74, 6) is 0.713. The number of benzene rings is 2. The molecule has 0 spiro atoms. The number of hydrogen-bond donors (Lipinski definition) is 2. The van der Waals surface area contributed by atoms with Crippen LogP contribution >= 0.6 is 0 Å². The van der Waals surface area contributed by atoms with Crippen molar-refractivity contribution in [1.82, 2.24) is 9.88 Å². The summed E-state index contributed by atoms with van der Waals surface area (Å²) < 4.78 is 12.2. The second kappa shape index (κ2) is 7.79. The van der Waals surface area contributed by atoms with Crippen molar-refractivity contribution < 1.29 is 19.4 Å². The van der Waals surface area contributed by atoms with E-state index in [9.17, 15) is 9.90 Å². The molecule has 1 saturated heterocycles. The van der Waals surface area contributed by atoms with Gasteiger partial charge in [0, 0.05) is 30.6 Å². The van der Waals surface area contributed by atoms with Crippen LogP contribution in [0.25, 0.3) is 10.9 Å². The highest BCUT2D eigenvalue weighted by atomic mass is 16.5. The fourth-order valence-electron chi connectivity index (χ4n) is 4.20. The monoisotopic (exact) mass is 394 g/mol. The summed E-state index contributed by atoms with van der Waals surface area (Å²) in [6.45, 7) is 3.84. The largest absolute Gasteiger partial charge is 0.493 e. The van der Waals surface area contributed by atoms with Crippen LogP contribution in [0.5, 0.6) is 11.5 Å². The smallest absolute Gasteiger partial charge is 0.335 e. The summed E-state index contributed by atoms with van der Waals surface area (Å²) >= 11 is 0. The van der Waals surface area contributed by atoms with E-state index >= 15 is 0 Å². The summed E-state index contributed by atoms with van der Waals surface area (Å²) in [6, 6.07) is 11.2. The van der Waals surface area contributed by atoms with Crippen LogP contribution in [-0.2, 0) is 0 Å². The quantitative estimate of drug-likeness (QED) is 0.683. The maximum atomic E-state index is 11.2. The van der Waals surface area contributed by atoms with Crippen molar-refractivity contribution in [2.45, 2.75) is 25.4 Å². The van der Waals surface area contributed by atoms with E-state index in [2.05, 4.69) is 16.9 Å². The molecule has 0 radical (unpaired) electrons. The first kappa shape index (κ1) is 19.3. The standard InChI is InChI=1S/C23H26N2O4/c1-14-12-20(28-3)22(17-8-10-24-21(14)17)29-19-9-11-25(2)13-18(19)15-4-6-16(7-5-15)23(26)27/h4-8,10,12,18-19,24H,9,11,13H2,1-3H3,(H,26,27)/t18-,19+/m0/s1. The van der Waals surface area contributed by atoms with Crippen LogP contribution < -0.4 is 9.47 Å². The zero-order valence-electron chi connectivity index (χ0n) is 16.9. The van der Waals surface area contributed by atoms with E-state index in [0.717, 1.165) is 53.0 Å². The number of carboxylic acids is 1. The van der Waals surface area contributed by atoms with Crippen LogP contribution in [0.15, 0.2) is 42.6 Å². The van der Waals surface area contributed by atoms with Crippen molar-refractivity contribution in [2.75, 3.05) is 27.2 Å². The number of ether oxygens (including phenoxy) is 2. The highest BCUT2D eigenvalue weighted by molar-refractivity contribution is 5.91. The van der Waals surface area contributed by atoms with Gasteiger partial charge in [-0.3, -0.25) is 0 Å². The van der Waals surface area contributed by atoms with E-state index in [1.54, 1.807) is 19.2 Å². The van der Waals surface area contributed by atoms with E-state index in [1.807, 2.05) is 37.4 Å². The van der Waals surface area contributed by atoms with E-state index in [1.165, 1.54) is 0 Å². The van der Waals surface area contributed by atoms with E-state index in [0.29, 0.717) is 5.56 Å². The molecule has 6 heteroatoms. The fraction of sp³-hybridized carbons (Fsp3) is 0.348. The molecule has 0 aliphatic carbocycles. The minimum Gasteiger partial charge on any atom is -0.493 e. The molecule has 0 amide bonds.